The Morgan fingerprint density at radius 3 is 2.50 bits per heavy atom. The standard InChI is InChI=1S/C19H18ClNO5/c1-11-4-5-13(19(24)25-3)8-16(11)21-18(23)10-26-17-7-6-14(20)9-15(17)12(2)22/h4-9H,10H2,1-3H3,(H,21,23). The highest BCUT2D eigenvalue weighted by Crippen LogP contribution is 2.23. The molecule has 0 radical (unpaired) electrons. The summed E-state index contributed by atoms with van der Waals surface area (Å²) in [5.41, 5.74) is 1.88. The molecule has 0 aliphatic carbocycles. The topological polar surface area (TPSA) is 81.7 Å². The van der Waals surface area contributed by atoms with Crippen LogP contribution in [0.25, 0.3) is 0 Å². The zero-order valence-corrected chi connectivity index (χ0v) is 15.3. The number of aryl methyl sites for hydroxylation is 1. The molecule has 2 aromatic rings. The van der Waals surface area contributed by atoms with Crippen molar-refractivity contribution in [1.29, 1.82) is 0 Å². The van der Waals surface area contributed by atoms with Crippen molar-refractivity contribution in [2.45, 2.75) is 13.8 Å². The SMILES string of the molecule is COC(=O)c1ccc(C)c(NC(=O)COc2ccc(Cl)cc2C(C)=O)c1. The molecule has 0 heterocycles. The lowest BCUT2D eigenvalue weighted by atomic mass is 10.1. The van der Waals surface area contributed by atoms with Crippen LogP contribution >= 0.6 is 11.6 Å². The Labute approximate surface area is 156 Å². The molecule has 0 saturated carbocycles. The van der Waals surface area contributed by atoms with Gasteiger partial charge in [-0.1, -0.05) is 17.7 Å². The second kappa shape index (κ2) is 8.49. The number of anilines is 1. The summed E-state index contributed by atoms with van der Waals surface area (Å²) in [5.74, 6) is -0.870. The van der Waals surface area contributed by atoms with E-state index in [1.165, 1.54) is 32.2 Å². The summed E-state index contributed by atoms with van der Waals surface area (Å²) < 4.78 is 10.1. The van der Waals surface area contributed by atoms with Gasteiger partial charge in [0.1, 0.15) is 5.75 Å². The number of amides is 1. The molecular formula is C19H18ClNO5. The number of methoxy groups -OCH3 is 1. The smallest absolute Gasteiger partial charge is 0.337 e. The van der Waals surface area contributed by atoms with Gasteiger partial charge < -0.3 is 14.8 Å². The van der Waals surface area contributed by atoms with Crippen molar-refractivity contribution in [3.63, 3.8) is 0 Å². The molecule has 0 atom stereocenters. The van der Waals surface area contributed by atoms with E-state index in [0.717, 1.165) is 5.56 Å². The van der Waals surface area contributed by atoms with Crippen LogP contribution in [0.4, 0.5) is 5.69 Å². The molecule has 2 rings (SSSR count). The molecule has 1 amide bonds. The number of hydrogen-bond donors (Lipinski definition) is 1. The number of benzene rings is 2. The van der Waals surface area contributed by atoms with Gasteiger partial charge in [-0.05, 0) is 49.7 Å². The fourth-order valence-corrected chi connectivity index (χ4v) is 2.41. The number of ether oxygens (including phenoxy) is 2. The summed E-state index contributed by atoms with van der Waals surface area (Å²) in [6.45, 7) is 2.88. The maximum atomic E-state index is 12.2. The van der Waals surface area contributed by atoms with Gasteiger partial charge in [0, 0.05) is 10.7 Å². The minimum absolute atomic E-state index is 0.218. The monoisotopic (exact) mass is 375 g/mol. The summed E-state index contributed by atoms with van der Waals surface area (Å²) in [6, 6.07) is 9.44. The van der Waals surface area contributed by atoms with Gasteiger partial charge in [0.05, 0.1) is 18.2 Å². The molecule has 136 valence electrons. The van der Waals surface area contributed by atoms with Gasteiger partial charge in [-0.3, -0.25) is 9.59 Å². The second-order valence-electron chi connectivity index (χ2n) is 5.55. The molecule has 0 bridgehead atoms. The zero-order valence-electron chi connectivity index (χ0n) is 14.6. The first-order chi connectivity index (χ1) is 12.3. The second-order valence-corrected chi connectivity index (χ2v) is 5.99. The van der Waals surface area contributed by atoms with Crippen molar-refractivity contribution in [3.05, 3.63) is 58.1 Å². The number of ketones is 1. The van der Waals surface area contributed by atoms with Crippen LogP contribution in [0.15, 0.2) is 36.4 Å². The lowest BCUT2D eigenvalue weighted by Gasteiger charge is -2.12. The molecular weight excluding hydrogens is 358 g/mol. The van der Waals surface area contributed by atoms with E-state index in [2.05, 4.69) is 10.1 Å². The third-order valence-electron chi connectivity index (χ3n) is 3.61. The predicted molar refractivity (Wildman–Crippen MR) is 98.1 cm³/mol. The molecule has 0 unspecified atom stereocenters. The van der Waals surface area contributed by atoms with E-state index in [-0.39, 0.29) is 18.1 Å². The van der Waals surface area contributed by atoms with Crippen LogP contribution in [0, 0.1) is 6.92 Å². The highest BCUT2D eigenvalue weighted by molar-refractivity contribution is 6.31. The fraction of sp³-hybridized carbons (Fsp3) is 0.211. The number of hydrogen-bond acceptors (Lipinski definition) is 5. The number of nitrogens with one attached hydrogen (secondary N) is 1. The Balaban J connectivity index is 2.08. The highest BCUT2D eigenvalue weighted by atomic mass is 35.5. The molecule has 26 heavy (non-hydrogen) atoms. The molecule has 6 nitrogen and oxygen atoms in total. The van der Waals surface area contributed by atoms with Gasteiger partial charge in [0.2, 0.25) is 0 Å². The Bertz CT molecular complexity index is 863. The van der Waals surface area contributed by atoms with Crippen LogP contribution in [0.3, 0.4) is 0 Å². The van der Waals surface area contributed by atoms with Crippen molar-refractivity contribution in [1.82, 2.24) is 0 Å². The Morgan fingerprint density at radius 1 is 1.12 bits per heavy atom. The van der Waals surface area contributed by atoms with Gasteiger partial charge in [-0.25, -0.2) is 4.79 Å². The normalized spacial score (nSPS) is 10.2. The van der Waals surface area contributed by atoms with Crippen LogP contribution in [-0.2, 0) is 9.53 Å². The van der Waals surface area contributed by atoms with Gasteiger partial charge >= 0.3 is 5.97 Å². The summed E-state index contributed by atoms with van der Waals surface area (Å²) in [5, 5.41) is 3.08. The number of rotatable bonds is 6. The molecule has 1 N–H and O–H groups in total. The summed E-state index contributed by atoms with van der Waals surface area (Å²) >= 11 is 5.88. The van der Waals surface area contributed by atoms with Crippen molar-refractivity contribution >= 4 is 34.9 Å². The van der Waals surface area contributed by atoms with E-state index in [1.807, 2.05) is 0 Å². The van der Waals surface area contributed by atoms with Crippen molar-refractivity contribution in [3.8, 4) is 5.75 Å². The third kappa shape index (κ3) is 4.83. The number of carbonyl (C=O) groups excluding carboxylic acids is 3. The van der Waals surface area contributed by atoms with Crippen LogP contribution in [0.5, 0.6) is 5.75 Å². The Morgan fingerprint density at radius 2 is 1.85 bits per heavy atom. The van der Waals surface area contributed by atoms with E-state index in [0.29, 0.717) is 21.8 Å². The maximum Gasteiger partial charge on any atom is 0.337 e. The average Bonchev–Trinajstić information content (AvgIpc) is 2.61. The molecule has 0 spiro atoms. The molecule has 2 aromatic carbocycles. The largest absolute Gasteiger partial charge is 0.483 e. The van der Waals surface area contributed by atoms with Crippen LogP contribution < -0.4 is 10.1 Å². The van der Waals surface area contributed by atoms with E-state index in [1.54, 1.807) is 25.1 Å². The molecule has 0 fully saturated rings. The first kappa shape index (κ1) is 19.5. The van der Waals surface area contributed by atoms with Gasteiger partial charge in [0.15, 0.2) is 12.4 Å². The van der Waals surface area contributed by atoms with E-state index in [9.17, 15) is 14.4 Å². The van der Waals surface area contributed by atoms with E-state index >= 15 is 0 Å². The fourth-order valence-electron chi connectivity index (χ4n) is 2.23. The lowest BCUT2D eigenvalue weighted by molar-refractivity contribution is -0.118. The Kier molecular flexibility index (Phi) is 6.36. The average molecular weight is 376 g/mol. The van der Waals surface area contributed by atoms with Gasteiger partial charge in [-0.2, -0.15) is 0 Å². The minimum Gasteiger partial charge on any atom is -0.483 e. The molecule has 0 aromatic heterocycles. The summed E-state index contributed by atoms with van der Waals surface area (Å²) in [6.07, 6.45) is 0. The first-order valence-electron chi connectivity index (χ1n) is 7.74. The predicted octanol–water partition coefficient (Wildman–Crippen LogP) is 3.66. The third-order valence-corrected chi connectivity index (χ3v) is 3.85. The molecule has 0 saturated heterocycles. The lowest BCUT2D eigenvalue weighted by Crippen LogP contribution is -2.21. The first-order valence-corrected chi connectivity index (χ1v) is 8.11. The van der Waals surface area contributed by atoms with Crippen LogP contribution in [-0.4, -0.2) is 31.4 Å². The number of esters is 1. The van der Waals surface area contributed by atoms with E-state index < -0.39 is 11.9 Å². The van der Waals surface area contributed by atoms with E-state index in [4.69, 9.17) is 16.3 Å². The minimum atomic E-state index is -0.496. The van der Waals surface area contributed by atoms with Crippen molar-refractivity contribution in [2.75, 3.05) is 19.0 Å². The number of carbonyl (C=O) groups is 3. The molecule has 7 heteroatoms. The maximum absolute atomic E-state index is 12.2. The Hall–Kier alpha value is -2.86. The van der Waals surface area contributed by atoms with Crippen LogP contribution in [0.2, 0.25) is 5.02 Å². The molecule has 0 aliphatic heterocycles. The van der Waals surface area contributed by atoms with Gasteiger partial charge in [0.25, 0.3) is 5.91 Å². The quantitative estimate of drug-likeness (QED) is 0.615. The molecule has 0 aliphatic rings. The number of Topliss-reactive ketones (excluding diaryl/α,β-unsaturated/α-hetero) is 1. The summed E-state index contributed by atoms with van der Waals surface area (Å²) in [7, 11) is 1.28. The summed E-state index contributed by atoms with van der Waals surface area (Å²) in [4.78, 5) is 35.4. The van der Waals surface area contributed by atoms with Crippen molar-refractivity contribution in [2.24, 2.45) is 0 Å². The van der Waals surface area contributed by atoms with Crippen LogP contribution in [0.1, 0.15) is 33.2 Å². The zero-order chi connectivity index (χ0) is 19.3. The van der Waals surface area contributed by atoms with Crippen molar-refractivity contribution < 1.29 is 23.9 Å². The number of halogens is 1. The highest BCUT2D eigenvalue weighted by Gasteiger charge is 2.13. The van der Waals surface area contributed by atoms with Gasteiger partial charge in [-0.15, -0.1) is 0 Å².